The van der Waals surface area contributed by atoms with Gasteiger partial charge in [0.15, 0.2) is 0 Å². The highest BCUT2D eigenvalue weighted by Gasteiger charge is 2.62. The number of halogens is 1. The number of nitrogens with zero attached hydrogens (tertiary/aromatic N) is 3. The van der Waals surface area contributed by atoms with Crippen molar-refractivity contribution in [1.82, 2.24) is 10.0 Å². The lowest BCUT2D eigenvalue weighted by Gasteiger charge is -2.29. The van der Waals surface area contributed by atoms with E-state index in [-0.39, 0.29) is 23.7 Å². The zero-order chi connectivity index (χ0) is 18.7. The summed E-state index contributed by atoms with van der Waals surface area (Å²) >= 11 is 0. The molecule has 3 aliphatic heterocycles. The summed E-state index contributed by atoms with van der Waals surface area (Å²) in [5.74, 6) is -1.10. The first kappa shape index (κ1) is 16.6. The van der Waals surface area contributed by atoms with Crippen molar-refractivity contribution in [1.29, 1.82) is 0 Å². The first-order valence-corrected chi connectivity index (χ1v) is 9.29. The molecule has 138 valence electrons. The number of amides is 2. The molecule has 5 nitrogen and oxygen atoms in total. The zero-order valence-electron chi connectivity index (χ0n) is 15.0. The predicted octanol–water partition coefficient (Wildman–Crippen LogP) is 2.67. The molecule has 2 aromatic carbocycles. The summed E-state index contributed by atoms with van der Waals surface area (Å²) in [6.45, 7) is 3.54. The Kier molecular flexibility index (Phi) is 3.67. The van der Waals surface area contributed by atoms with Gasteiger partial charge in [-0.2, -0.15) is 0 Å². The average Bonchev–Trinajstić information content (AvgIpc) is 3.30. The fourth-order valence-electron chi connectivity index (χ4n) is 4.72. The van der Waals surface area contributed by atoms with Gasteiger partial charge in [-0.1, -0.05) is 29.8 Å². The number of anilines is 1. The van der Waals surface area contributed by atoms with Gasteiger partial charge in [0.1, 0.15) is 11.9 Å². The minimum absolute atomic E-state index is 0.162. The van der Waals surface area contributed by atoms with Crippen LogP contribution in [0.25, 0.3) is 0 Å². The van der Waals surface area contributed by atoms with Crippen molar-refractivity contribution in [2.45, 2.75) is 25.4 Å². The number of benzene rings is 2. The summed E-state index contributed by atoms with van der Waals surface area (Å²) in [4.78, 5) is 27.9. The van der Waals surface area contributed by atoms with Crippen molar-refractivity contribution in [3.05, 3.63) is 65.5 Å². The van der Waals surface area contributed by atoms with Crippen LogP contribution in [0.3, 0.4) is 0 Å². The normalized spacial score (nSPS) is 28.1. The number of aryl methyl sites for hydroxylation is 1. The standard InChI is InChI=1S/C21H20FN3O2/c1-13-3-9-16(10-4-13)25-20(26)17-18(14-5-7-15(22)8-6-14)23-11-2-12-24(23)19(17)21(25)27/h3-10,17-19H,2,11-12H2,1H3/t17-,18+,19+/m1/s1. The zero-order valence-corrected chi connectivity index (χ0v) is 15.0. The van der Waals surface area contributed by atoms with E-state index in [4.69, 9.17) is 0 Å². The van der Waals surface area contributed by atoms with E-state index in [1.807, 2.05) is 36.2 Å². The monoisotopic (exact) mass is 365 g/mol. The van der Waals surface area contributed by atoms with Gasteiger partial charge in [0.05, 0.1) is 17.6 Å². The number of carbonyl (C=O) groups is 2. The number of fused-ring (bicyclic) bond motifs is 3. The maximum Gasteiger partial charge on any atom is 0.253 e. The summed E-state index contributed by atoms with van der Waals surface area (Å²) in [5.41, 5.74) is 2.57. The van der Waals surface area contributed by atoms with Gasteiger partial charge >= 0.3 is 0 Å². The molecule has 3 heterocycles. The molecule has 0 N–H and O–H groups in total. The molecule has 27 heavy (non-hydrogen) atoms. The van der Waals surface area contributed by atoms with Crippen molar-refractivity contribution < 1.29 is 14.0 Å². The largest absolute Gasteiger partial charge is 0.274 e. The van der Waals surface area contributed by atoms with E-state index in [0.717, 1.165) is 30.6 Å². The molecule has 0 bridgehead atoms. The molecule has 3 atom stereocenters. The highest BCUT2D eigenvalue weighted by molar-refractivity contribution is 6.24. The third-order valence-electron chi connectivity index (χ3n) is 5.91. The van der Waals surface area contributed by atoms with Gasteiger partial charge in [-0.05, 0) is 43.2 Å². The minimum Gasteiger partial charge on any atom is -0.274 e. The molecule has 0 spiro atoms. The van der Waals surface area contributed by atoms with Crippen LogP contribution < -0.4 is 4.90 Å². The van der Waals surface area contributed by atoms with Crippen LogP contribution >= 0.6 is 0 Å². The lowest BCUT2D eigenvalue weighted by Crippen LogP contribution is -2.44. The Morgan fingerprint density at radius 2 is 1.48 bits per heavy atom. The summed E-state index contributed by atoms with van der Waals surface area (Å²) in [5, 5.41) is 4.18. The molecule has 3 saturated heterocycles. The van der Waals surface area contributed by atoms with Crippen molar-refractivity contribution in [3.8, 4) is 0 Å². The van der Waals surface area contributed by atoms with Gasteiger partial charge in [0.25, 0.3) is 5.91 Å². The van der Waals surface area contributed by atoms with Crippen LogP contribution in [0.5, 0.6) is 0 Å². The van der Waals surface area contributed by atoms with Crippen molar-refractivity contribution >= 4 is 17.5 Å². The molecule has 2 aromatic rings. The topological polar surface area (TPSA) is 43.9 Å². The van der Waals surface area contributed by atoms with Gasteiger partial charge < -0.3 is 0 Å². The molecule has 0 unspecified atom stereocenters. The predicted molar refractivity (Wildman–Crippen MR) is 98.1 cm³/mol. The Bertz CT molecular complexity index is 912. The molecular weight excluding hydrogens is 345 g/mol. The van der Waals surface area contributed by atoms with Crippen LogP contribution in [0.15, 0.2) is 48.5 Å². The third-order valence-corrected chi connectivity index (χ3v) is 5.91. The summed E-state index contributed by atoms with van der Waals surface area (Å²) in [6, 6.07) is 13.0. The van der Waals surface area contributed by atoms with E-state index in [1.165, 1.54) is 17.0 Å². The van der Waals surface area contributed by atoms with Gasteiger partial charge in [-0.25, -0.2) is 19.3 Å². The molecule has 0 saturated carbocycles. The second-order valence-corrected chi connectivity index (χ2v) is 7.49. The molecule has 3 aliphatic rings. The van der Waals surface area contributed by atoms with Gasteiger partial charge in [0, 0.05) is 13.1 Å². The van der Waals surface area contributed by atoms with E-state index >= 15 is 0 Å². The fraction of sp³-hybridized carbons (Fsp3) is 0.333. The molecule has 6 heteroatoms. The molecule has 0 aromatic heterocycles. The molecule has 3 fully saturated rings. The second kappa shape index (κ2) is 5.97. The Morgan fingerprint density at radius 3 is 2.15 bits per heavy atom. The van der Waals surface area contributed by atoms with Crippen LogP contribution in [0.1, 0.15) is 23.6 Å². The molecule has 0 aliphatic carbocycles. The Morgan fingerprint density at radius 1 is 0.852 bits per heavy atom. The Balaban J connectivity index is 1.57. The van der Waals surface area contributed by atoms with Crippen molar-refractivity contribution in [2.75, 3.05) is 18.0 Å². The van der Waals surface area contributed by atoms with Gasteiger partial charge in [-0.3, -0.25) is 9.59 Å². The summed E-state index contributed by atoms with van der Waals surface area (Å²) in [7, 11) is 0. The molecule has 2 amide bonds. The maximum atomic E-state index is 13.4. The van der Waals surface area contributed by atoms with Crippen molar-refractivity contribution in [2.24, 2.45) is 5.92 Å². The quantitative estimate of drug-likeness (QED) is 0.768. The highest BCUT2D eigenvalue weighted by Crippen LogP contribution is 2.48. The Hall–Kier alpha value is -2.57. The number of imide groups is 1. The molecule has 0 radical (unpaired) electrons. The van der Waals surface area contributed by atoms with Gasteiger partial charge in [0.2, 0.25) is 5.91 Å². The first-order chi connectivity index (χ1) is 13.1. The average molecular weight is 365 g/mol. The summed E-state index contributed by atoms with van der Waals surface area (Å²) < 4.78 is 13.4. The minimum atomic E-state index is -0.476. The number of carbonyl (C=O) groups excluding carboxylic acids is 2. The lowest BCUT2D eigenvalue weighted by molar-refractivity contribution is -0.126. The van der Waals surface area contributed by atoms with Crippen molar-refractivity contribution in [3.63, 3.8) is 0 Å². The lowest BCUT2D eigenvalue weighted by atomic mass is 9.90. The molecular formula is C21H20FN3O2. The third kappa shape index (κ3) is 2.37. The summed E-state index contributed by atoms with van der Waals surface area (Å²) in [6.07, 6.45) is 0.951. The van der Waals surface area contributed by atoms with Crippen LogP contribution in [-0.4, -0.2) is 41.0 Å². The molecule has 5 rings (SSSR count). The smallest absolute Gasteiger partial charge is 0.253 e. The number of hydrogen-bond donors (Lipinski definition) is 0. The number of hydrazine groups is 1. The van der Waals surface area contributed by atoms with Gasteiger partial charge in [-0.15, -0.1) is 0 Å². The van der Waals surface area contributed by atoms with Crippen LogP contribution in [0.2, 0.25) is 0 Å². The van der Waals surface area contributed by atoms with E-state index < -0.39 is 12.0 Å². The highest BCUT2D eigenvalue weighted by atomic mass is 19.1. The van der Waals surface area contributed by atoms with Crippen LogP contribution in [0, 0.1) is 18.7 Å². The number of rotatable bonds is 2. The van der Waals surface area contributed by atoms with Crippen LogP contribution in [0.4, 0.5) is 10.1 Å². The number of hydrogen-bond acceptors (Lipinski definition) is 4. The van der Waals surface area contributed by atoms with E-state index in [0.29, 0.717) is 5.69 Å². The second-order valence-electron chi connectivity index (χ2n) is 7.49. The SMILES string of the molecule is Cc1ccc(N2C(=O)[C@H]3[C@@H](C2=O)N2CCCN2[C@H]3c2ccc(F)cc2)cc1. The van der Waals surface area contributed by atoms with E-state index in [9.17, 15) is 14.0 Å². The fourth-order valence-corrected chi connectivity index (χ4v) is 4.72. The van der Waals surface area contributed by atoms with E-state index in [1.54, 1.807) is 12.1 Å². The first-order valence-electron chi connectivity index (χ1n) is 9.29. The Labute approximate surface area is 156 Å². The maximum absolute atomic E-state index is 13.4. The van der Waals surface area contributed by atoms with Crippen LogP contribution in [-0.2, 0) is 9.59 Å². The van der Waals surface area contributed by atoms with E-state index in [2.05, 4.69) is 5.01 Å².